The number of benzene rings is 3. The van der Waals surface area contributed by atoms with Crippen LogP contribution in [0.15, 0.2) is 78.9 Å². The van der Waals surface area contributed by atoms with Crippen LogP contribution < -0.4 is 4.74 Å². The van der Waals surface area contributed by atoms with E-state index < -0.39 is 35.1 Å². The van der Waals surface area contributed by atoms with Gasteiger partial charge in [0, 0.05) is 35.2 Å². The van der Waals surface area contributed by atoms with Gasteiger partial charge in [0.1, 0.15) is 18.4 Å². The van der Waals surface area contributed by atoms with Crippen molar-refractivity contribution in [2.45, 2.75) is 36.2 Å². The number of esters is 1. The van der Waals surface area contributed by atoms with Gasteiger partial charge in [0.2, 0.25) is 6.10 Å². The van der Waals surface area contributed by atoms with Crippen molar-refractivity contribution in [2.24, 2.45) is 0 Å². The number of rotatable bonds is 11. The van der Waals surface area contributed by atoms with Crippen molar-refractivity contribution in [3.63, 3.8) is 0 Å². The molecule has 11 nitrogen and oxygen atoms in total. The minimum atomic E-state index is -1.44. The van der Waals surface area contributed by atoms with E-state index in [-0.39, 0.29) is 30.5 Å². The number of nitrogens with zero attached hydrogens (tertiary/aromatic N) is 2. The van der Waals surface area contributed by atoms with Crippen LogP contribution in [0.1, 0.15) is 29.2 Å². The second-order valence-electron chi connectivity index (χ2n) is 9.23. The van der Waals surface area contributed by atoms with Crippen molar-refractivity contribution in [1.82, 2.24) is 4.90 Å². The number of nitro groups is 1. The van der Waals surface area contributed by atoms with E-state index in [4.69, 9.17) is 14.2 Å². The summed E-state index contributed by atoms with van der Waals surface area (Å²) in [5.41, 5.74) is 1.79. The van der Waals surface area contributed by atoms with E-state index in [0.717, 1.165) is 16.2 Å². The Balaban J connectivity index is 1.42. The molecule has 1 unspecified atom stereocenters. The third-order valence-corrected chi connectivity index (χ3v) is 7.80. The first-order valence-corrected chi connectivity index (χ1v) is 13.7. The van der Waals surface area contributed by atoms with Crippen molar-refractivity contribution in [1.29, 1.82) is 0 Å². The monoisotopic (exact) mass is 580 g/mol. The van der Waals surface area contributed by atoms with Gasteiger partial charge in [-0.2, -0.15) is 11.8 Å². The fourth-order valence-electron chi connectivity index (χ4n) is 4.28. The first-order valence-electron chi connectivity index (χ1n) is 12.6. The van der Waals surface area contributed by atoms with Crippen LogP contribution in [0.25, 0.3) is 0 Å². The fraction of sp³-hybridized carbons (Fsp3) is 0.276. The maximum Gasteiger partial charge on any atom is 0.411 e. The number of ether oxygens (including phenoxy) is 3. The summed E-state index contributed by atoms with van der Waals surface area (Å²) < 4.78 is 16.1. The Morgan fingerprint density at radius 3 is 2.29 bits per heavy atom. The molecule has 1 saturated heterocycles. The lowest BCUT2D eigenvalue weighted by atomic mass is 10.1. The standard InChI is InChI=1S/C29H28N2O9S/c1-38-23-13-9-20(10-14-23)18-41-24-15-25(27(32)33)30(16-24)29(35)40-26(21-5-3-2-4-6-21)28(34)39-17-19-7-11-22(12-8-19)31(36)37/h2-14,24-26H,15-18H2,1H3,(H,32,33)/t24-,25-,26?/m0/s1. The second-order valence-corrected chi connectivity index (χ2v) is 10.5. The van der Waals surface area contributed by atoms with Gasteiger partial charge in [-0.3, -0.25) is 15.0 Å². The van der Waals surface area contributed by atoms with E-state index in [2.05, 4.69) is 0 Å². The summed E-state index contributed by atoms with van der Waals surface area (Å²) in [7, 11) is 1.59. The SMILES string of the molecule is COc1ccc(CS[C@H]2C[C@@H](C(=O)O)N(C(=O)OC(C(=O)OCc3ccc([N+](=O)[O-])cc3)c3ccccc3)C2)cc1. The highest BCUT2D eigenvalue weighted by Crippen LogP contribution is 2.32. The molecule has 0 spiro atoms. The maximum atomic E-state index is 13.3. The van der Waals surface area contributed by atoms with Gasteiger partial charge in [-0.05, 0) is 41.8 Å². The molecular formula is C29H28N2O9S. The van der Waals surface area contributed by atoms with Crippen LogP contribution >= 0.6 is 11.8 Å². The van der Waals surface area contributed by atoms with Gasteiger partial charge < -0.3 is 19.3 Å². The van der Waals surface area contributed by atoms with Crippen molar-refractivity contribution in [3.05, 3.63) is 106 Å². The third kappa shape index (κ3) is 7.76. The number of hydrogen-bond acceptors (Lipinski definition) is 9. The molecule has 1 fully saturated rings. The summed E-state index contributed by atoms with van der Waals surface area (Å²) in [4.78, 5) is 49.8. The van der Waals surface area contributed by atoms with E-state index >= 15 is 0 Å². The zero-order valence-electron chi connectivity index (χ0n) is 22.1. The Kier molecular flexibility index (Phi) is 9.80. The predicted molar refractivity (Wildman–Crippen MR) is 149 cm³/mol. The molecule has 1 heterocycles. The first kappa shape index (κ1) is 29.4. The number of carboxylic acids is 1. The number of non-ortho nitro benzene ring substituents is 1. The molecule has 41 heavy (non-hydrogen) atoms. The van der Waals surface area contributed by atoms with Crippen molar-refractivity contribution in [3.8, 4) is 5.75 Å². The van der Waals surface area contributed by atoms with E-state index in [1.807, 2.05) is 24.3 Å². The molecule has 4 rings (SSSR count). The molecular weight excluding hydrogens is 552 g/mol. The van der Waals surface area contributed by atoms with Gasteiger partial charge in [-0.15, -0.1) is 0 Å². The topological polar surface area (TPSA) is 146 Å². The van der Waals surface area contributed by atoms with Crippen LogP contribution in [0.5, 0.6) is 5.75 Å². The van der Waals surface area contributed by atoms with Crippen molar-refractivity contribution >= 4 is 35.5 Å². The number of thioether (sulfide) groups is 1. The molecule has 12 heteroatoms. The largest absolute Gasteiger partial charge is 0.497 e. The predicted octanol–water partition coefficient (Wildman–Crippen LogP) is 4.99. The smallest absolute Gasteiger partial charge is 0.411 e. The summed E-state index contributed by atoms with van der Waals surface area (Å²) in [6.45, 7) is -0.0702. The van der Waals surface area contributed by atoms with Gasteiger partial charge in [-0.1, -0.05) is 42.5 Å². The number of hydrogen-bond donors (Lipinski definition) is 1. The van der Waals surface area contributed by atoms with Gasteiger partial charge in [0.05, 0.1) is 12.0 Å². The molecule has 1 aliphatic rings. The number of methoxy groups -OCH3 is 1. The van der Waals surface area contributed by atoms with Crippen LogP contribution in [0.3, 0.4) is 0 Å². The summed E-state index contributed by atoms with van der Waals surface area (Å²) in [5, 5.41) is 20.5. The molecule has 0 saturated carbocycles. The van der Waals surface area contributed by atoms with Gasteiger partial charge >= 0.3 is 18.0 Å². The molecule has 1 N–H and O–H groups in total. The van der Waals surface area contributed by atoms with E-state index in [1.165, 1.54) is 36.0 Å². The van der Waals surface area contributed by atoms with Crippen LogP contribution in [0.2, 0.25) is 0 Å². The number of likely N-dealkylation sites (tertiary alicyclic amines) is 1. The quantitative estimate of drug-likeness (QED) is 0.187. The Morgan fingerprint density at radius 2 is 1.68 bits per heavy atom. The fourth-order valence-corrected chi connectivity index (χ4v) is 5.49. The normalized spacial score (nSPS) is 17.0. The molecule has 214 valence electrons. The van der Waals surface area contributed by atoms with Crippen molar-refractivity contribution in [2.75, 3.05) is 13.7 Å². The summed E-state index contributed by atoms with van der Waals surface area (Å²) >= 11 is 1.54. The number of amides is 1. The zero-order chi connectivity index (χ0) is 29.4. The van der Waals surface area contributed by atoms with Gasteiger partial charge in [0.25, 0.3) is 5.69 Å². The molecule has 3 aromatic rings. The summed E-state index contributed by atoms with van der Waals surface area (Å²) in [6, 6.07) is 20.2. The molecule has 0 aliphatic carbocycles. The lowest BCUT2D eigenvalue weighted by Gasteiger charge is -2.24. The lowest BCUT2D eigenvalue weighted by molar-refractivity contribution is -0.384. The van der Waals surface area contributed by atoms with E-state index in [0.29, 0.717) is 16.9 Å². The van der Waals surface area contributed by atoms with Crippen LogP contribution in [0, 0.1) is 10.1 Å². The number of carbonyl (C=O) groups excluding carboxylic acids is 2. The Hall–Kier alpha value is -4.58. The Labute approximate surface area is 240 Å². The van der Waals surface area contributed by atoms with E-state index in [9.17, 15) is 29.6 Å². The molecule has 1 amide bonds. The maximum absolute atomic E-state index is 13.3. The van der Waals surface area contributed by atoms with Crippen LogP contribution in [-0.2, 0) is 31.4 Å². The Morgan fingerprint density at radius 1 is 1.02 bits per heavy atom. The second kappa shape index (κ2) is 13.7. The Bertz CT molecular complexity index is 1370. The highest BCUT2D eigenvalue weighted by molar-refractivity contribution is 7.99. The van der Waals surface area contributed by atoms with Gasteiger partial charge in [0.15, 0.2) is 0 Å². The first-order chi connectivity index (χ1) is 19.7. The molecule has 0 radical (unpaired) electrons. The third-order valence-electron chi connectivity index (χ3n) is 6.49. The summed E-state index contributed by atoms with van der Waals surface area (Å²) in [6.07, 6.45) is -2.15. The van der Waals surface area contributed by atoms with Crippen LogP contribution in [0.4, 0.5) is 10.5 Å². The number of nitro benzene ring substituents is 1. The van der Waals surface area contributed by atoms with Crippen LogP contribution in [-0.4, -0.2) is 57.9 Å². The lowest BCUT2D eigenvalue weighted by Crippen LogP contribution is -2.42. The molecule has 0 aromatic heterocycles. The average molecular weight is 581 g/mol. The number of carboxylic acid groups (broad SMARTS) is 1. The number of aliphatic carboxylic acids is 1. The van der Waals surface area contributed by atoms with E-state index in [1.54, 1.807) is 37.4 Å². The van der Waals surface area contributed by atoms with Gasteiger partial charge in [-0.25, -0.2) is 14.4 Å². The molecule has 3 aromatic carbocycles. The highest BCUT2D eigenvalue weighted by Gasteiger charge is 2.42. The minimum Gasteiger partial charge on any atom is -0.497 e. The minimum absolute atomic E-state index is 0.102. The summed E-state index contributed by atoms with van der Waals surface area (Å²) in [5.74, 6) is -0.671. The molecule has 0 bridgehead atoms. The zero-order valence-corrected chi connectivity index (χ0v) is 22.9. The molecule has 3 atom stereocenters. The highest BCUT2D eigenvalue weighted by atomic mass is 32.2. The average Bonchev–Trinajstić information content (AvgIpc) is 3.43. The number of carbonyl (C=O) groups is 3. The molecule has 1 aliphatic heterocycles. The van der Waals surface area contributed by atoms with Crippen molar-refractivity contribution < 1.29 is 38.6 Å².